The minimum Gasteiger partial charge on any atom is -0.493 e. The molecule has 3 N–H and O–H groups in total. The summed E-state index contributed by atoms with van der Waals surface area (Å²) in [5, 5.41) is 24.8. The van der Waals surface area contributed by atoms with Crippen molar-refractivity contribution in [3.8, 4) is 17.2 Å². The first-order valence-corrected chi connectivity index (χ1v) is 15.4. The number of furan rings is 1. The molecule has 6 rings (SSSR count). The van der Waals surface area contributed by atoms with Crippen molar-refractivity contribution in [3.63, 3.8) is 0 Å². The Balaban J connectivity index is 1.45. The van der Waals surface area contributed by atoms with Crippen LogP contribution in [-0.2, 0) is 4.79 Å². The van der Waals surface area contributed by atoms with Crippen molar-refractivity contribution in [2.75, 3.05) is 33.9 Å². The first-order valence-electron chi connectivity index (χ1n) is 15.4. The summed E-state index contributed by atoms with van der Waals surface area (Å²) in [5.41, 5.74) is 1.56. The number of aliphatic hydroxyl groups is 2. The summed E-state index contributed by atoms with van der Waals surface area (Å²) in [5.74, 6) is -0.237. The Morgan fingerprint density at radius 2 is 1.87 bits per heavy atom. The van der Waals surface area contributed by atoms with E-state index in [0.29, 0.717) is 52.2 Å². The molecule has 1 fully saturated rings. The van der Waals surface area contributed by atoms with Crippen LogP contribution in [0.2, 0.25) is 0 Å². The molecule has 11 heteroatoms. The van der Waals surface area contributed by atoms with Gasteiger partial charge < -0.3 is 39.1 Å². The molecule has 0 unspecified atom stereocenters. The Labute approximate surface area is 260 Å². The highest BCUT2D eigenvalue weighted by atomic mass is 16.5. The van der Waals surface area contributed by atoms with Crippen LogP contribution >= 0.6 is 0 Å². The molecule has 1 aliphatic heterocycles. The minimum atomic E-state index is -1.24. The number of amides is 2. The molecule has 3 aliphatic rings. The van der Waals surface area contributed by atoms with Gasteiger partial charge >= 0.3 is 0 Å². The van der Waals surface area contributed by atoms with Gasteiger partial charge in [-0.2, -0.15) is 0 Å². The van der Waals surface area contributed by atoms with Gasteiger partial charge in [-0.15, -0.1) is 0 Å². The molecule has 4 atom stereocenters. The van der Waals surface area contributed by atoms with Crippen molar-refractivity contribution in [3.05, 3.63) is 64.9 Å². The molecule has 45 heavy (non-hydrogen) atoms. The quantitative estimate of drug-likeness (QED) is 0.290. The molecule has 0 radical (unpaired) electrons. The summed E-state index contributed by atoms with van der Waals surface area (Å²) < 4.78 is 23.3. The van der Waals surface area contributed by atoms with Crippen molar-refractivity contribution in [1.82, 2.24) is 10.2 Å². The standard InChI is InChI=1S/C34H38N2O9/c1-42-25-10-6-9-21-15-27(44-30(21)25)34(41)36(17-19-7-4-3-5-8-19)24-16-23(33(40)35-11-12-37)28-22-13-20(18-38)14-26(43-2)31(22)45-32(28)29(24)39/h6,9-10,13-16,18-19,24,28-29,32,37,39H,3-5,7-8,11-12,17H2,1-2H3,(H,35,40)/t24-,28+,29+,32+/m1/s1. The van der Waals surface area contributed by atoms with Crippen LogP contribution in [0.5, 0.6) is 17.2 Å². The monoisotopic (exact) mass is 618 g/mol. The van der Waals surface area contributed by atoms with Crippen LogP contribution in [0.25, 0.3) is 11.0 Å². The normalized spacial score (nSPS) is 22.5. The van der Waals surface area contributed by atoms with Crippen molar-refractivity contribution < 1.29 is 43.2 Å². The Kier molecular flexibility index (Phi) is 8.82. The molecular weight excluding hydrogens is 580 g/mol. The number of fused-ring (bicyclic) bond motifs is 4. The summed E-state index contributed by atoms with van der Waals surface area (Å²) in [6.45, 7) is 0.0919. The van der Waals surface area contributed by atoms with E-state index in [1.807, 2.05) is 12.1 Å². The zero-order valence-corrected chi connectivity index (χ0v) is 25.4. The van der Waals surface area contributed by atoms with Gasteiger partial charge in [0.15, 0.2) is 28.6 Å². The van der Waals surface area contributed by atoms with E-state index in [9.17, 15) is 24.6 Å². The summed E-state index contributed by atoms with van der Waals surface area (Å²) in [6, 6.07) is 9.28. The van der Waals surface area contributed by atoms with Crippen LogP contribution in [0.1, 0.15) is 64.5 Å². The number of benzene rings is 2. The van der Waals surface area contributed by atoms with Crippen molar-refractivity contribution in [1.29, 1.82) is 0 Å². The maximum atomic E-state index is 14.4. The van der Waals surface area contributed by atoms with E-state index in [0.717, 1.165) is 32.1 Å². The third-order valence-electron chi connectivity index (χ3n) is 9.15. The number of methoxy groups -OCH3 is 2. The molecule has 3 aromatic rings. The molecule has 1 saturated carbocycles. The Bertz CT molecular complexity index is 1620. The van der Waals surface area contributed by atoms with Crippen LogP contribution < -0.4 is 19.5 Å². The SMILES string of the molecule is COc1cc(C=O)cc2c1O[C@@H]1[C@@H](O)[C@H](N(CC3CCCCC3)C(=O)c3cc4cccc(OC)c4o3)C=C(C(=O)NCCO)[C@H]21. The summed E-state index contributed by atoms with van der Waals surface area (Å²) >= 11 is 0. The Morgan fingerprint density at radius 3 is 2.58 bits per heavy atom. The van der Waals surface area contributed by atoms with Gasteiger partial charge in [0.05, 0.1) is 32.8 Å². The number of nitrogens with zero attached hydrogens (tertiary/aromatic N) is 1. The fourth-order valence-electron chi connectivity index (χ4n) is 6.99. The predicted molar refractivity (Wildman–Crippen MR) is 164 cm³/mol. The second-order valence-corrected chi connectivity index (χ2v) is 11.9. The third-order valence-corrected chi connectivity index (χ3v) is 9.15. The highest BCUT2D eigenvalue weighted by Crippen LogP contribution is 2.51. The van der Waals surface area contributed by atoms with E-state index in [2.05, 4.69) is 5.32 Å². The highest BCUT2D eigenvalue weighted by Gasteiger charge is 2.52. The zero-order valence-electron chi connectivity index (χ0n) is 25.4. The van der Waals surface area contributed by atoms with Gasteiger partial charge in [0.25, 0.3) is 5.91 Å². The number of ether oxygens (including phenoxy) is 3. The minimum absolute atomic E-state index is 0.0116. The Hall–Kier alpha value is -4.35. The third kappa shape index (κ3) is 5.66. The van der Waals surface area contributed by atoms with Gasteiger partial charge in [-0.05, 0) is 49.1 Å². The lowest BCUT2D eigenvalue weighted by atomic mass is 9.77. The predicted octanol–water partition coefficient (Wildman–Crippen LogP) is 3.61. The zero-order chi connectivity index (χ0) is 31.7. The molecule has 238 valence electrons. The van der Waals surface area contributed by atoms with Gasteiger partial charge in [0.1, 0.15) is 18.5 Å². The molecule has 2 amide bonds. The number of hydrogen-bond acceptors (Lipinski definition) is 9. The molecule has 2 heterocycles. The molecule has 0 spiro atoms. The molecule has 2 aliphatic carbocycles. The van der Waals surface area contributed by atoms with E-state index in [4.69, 9.17) is 18.6 Å². The molecule has 0 saturated heterocycles. The number of carbonyl (C=O) groups excluding carboxylic acids is 3. The molecule has 11 nitrogen and oxygen atoms in total. The van der Waals surface area contributed by atoms with Gasteiger partial charge in [-0.1, -0.05) is 31.4 Å². The van der Waals surface area contributed by atoms with Gasteiger partial charge in [-0.3, -0.25) is 14.4 Å². The number of para-hydroxylation sites is 1. The van der Waals surface area contributed by atoms with Crippen molar-refractivity contribution >= 4 is 29.1 Å². The number of rotatable bonds is 10. The average Bonchev–Trinajstić information content (AvgIpc) is 3.69. The summed E-state index contributed by atoms with van der Waals surface area (Å²) in [6.07, 6.45) is 5.21. The maximum absolute atomic E-state index is 14.4. The molecule has 1 aromatic heterocycles. The van der Waals surface area contributed by atoms with E-state index in [-0.39, 0.29) is 30.4 Å². The van der Waals surface area contributed by atoms with Crippen LogP contribution in [-0.4, -0.2) is 85.4 Å². The fourth-order valence-corrected chi connectivity index (χ4v) is 6.99. The van der Waals surface area contributed by atoms with Crippen LogP contribution in [0.3, 0.4) is 0 Å². The largest absolute Gasteiger partial charge is 0.493 e. The van der Waals surface area contributed by atoms with Crippen molar-refractivity contribution in [2.24, 2.45) is 5.92 Å². The van der Waals surface area contributed by atoms with Crippen molar-refractivity contribution in [2.45, 2.75) is 56.3 Å². The second kappa shape index (κ2) is 12.9. The van der Waals surface area contributed by atoms with Gasteiger partial charge in [0, 0.05) is 35.2 Å². The topological polar surface area (TPSA) is 148 Å². The number of hydrogen-bond donors (Lipinski definition) is 3. The van der Waals surface area contributed by atoms with E-state index < -0.39 is 36.0 Å². The van der Waals surface area contributed by atoms with Crippen LogP contribution in [0.4, 0.5) is 0 Å². The first-order chi connectivity index (χ1) is 21.9. The summed E-state index contributed by atoms with van der Waals surface area (Å²) in [7, 11) is 2.98. The van der Waals surface area contributed by atoms with Crippen LogP contribution in [0.15, 0.2) is 52.5 Å². The first kappa shape index (κ1) is 30.7. The number of carbonyl (C=O) groups is 3. The number of nitrogens with one attached hydrogen (secondary N) is 1. The second-order valence-electron chi connectivity index (χ2n) is 11.9. The lowest BCUT2D eigenvalue weighted by Gasteiger charge is -2.42. The van der Waals surface area contributed by atoms with E-state index in [1.165, 1.54) is 20.3 Å². The van der Waals surface area contributed by atoms with E-state index >= 15 is 0 Å². The molecular formula is C34H38N2O9. The molecule has 0 bridgehead atoms. The number of aliphatic hydroxyl groups excluding tert-OH is 2. The average molecular weight is 619 g/mol. The highest BCUT2D eigenvalue weighted by molar-refractivity contribution is 5.99. The Morgan fingerprint density at radius 1 is 1.09 bits per heavy atom. The lowest BCUT2D eigenvalue weighted by molar-refractivity contribution is -0.118. The van der Waals surface area contributed by atoms with E-state index in [1.54, 1.807) is 29.2 Å². The van der Waals surface area contributed by atoms with Gasteiger partial charge in [-0.25, -0.2) is 0 Å². The molecule has 2 aromatic carbocycles. The summed E-state index contributed by atoms with van der Waals surface area (Å²) in [4.78, 5) is 41.4. The number of aldehydes is 1. The fraction of sp³-hybridized carbons (Fsp3) is 0.441. The van der Waals surface area contributed by atoms with Crippen LogP contribution in [0, 0.1) is 5.92 Å². The lowest BCUT2D eigenvalue weighted by Crippen LogP contribution is -2.56. The van der Waals surface area contributed by atoms with Gasteiger partial charge in [0.2, 0.25) is 5.91 Å². The maximum Gasteiger partial charge on any atom is 0.290 e. The smallest absolute Gasteiger partial charge is 0.290 e.